The van der Waals surface area contributed by atoms with Gasteiger partial charge in [0.2, 0.25) is 0 Å². The fourth-order valence-electron chi connectivity index (χ4n) is 2.39. The molecule has 0 rings (SSSR count). The van der Waals surface area contributed by atoms with E-state index in [-0.39, 0.29) is 13.0 Å². The Bertz CT molecular complexity index is 542. The highest BCUT2D eigenvalue weighted by Gasteiger charge is 2.01. The van der Waals surface area contributed by atoms with Crippen LogP contribution in [-0.4, -0.2) is 138 Å². The lowest BCUT2D eigenvalue weighted by Crippen LogP contribution is -2.15. The molecule has 15 nitrogen and oxygen atoms in total. The number of nitrogens with zero attached hydrogens (tertiary/aromatic N) is 3. The Morgan fingerprint density at radius 3 is 1.03 bits per heavy atom. The van der Waals surface area contributed by atoms with E-state index in [9.17, 15) is 4.79 Å². The number of hydrogen-bond acceptors (Lipinski definition) is 13. The quantitative estimate of drug-likeness (QED) is 0.0384. The zero-order valence-corrected chi connectivity index (χ0v) is 22.6. The van der Waals surface area contributed by atoms with Crippen molar-refractivity contribution >= 4 is 5.97 Å². The Morgan fingerprint density at radius 1 is 0.500 bits per heavy atom. The first-order valence-corrected chi connectivity index (χ1v) is 12.8. The maximum atomic E-state index is 11.0. The fourth-order valence-corrected chi connectivity index (χ4v) is 2.39. The number of ether oxygens (including phenoxy) is 10. The molecule has 0 N–H and O–H groups in total. The van der Waals surface area contributed by atoms with Crippen LogP contribution in [0.15, 0.2) is 5.28 Å². The molecule has 0 amide bonds. The molecule has 0 aromatic carbocycles. The van der Waals surface area contributed by atoms with Crippen molar-refractivity contribution in [3.63, 3.8) is 0 Å². The highest BCUT2D eigenvalue weighted by atomic mass is 16.7. The van der Waals surface area contributed by atoms with Crippen molar-refractivity contribution in [2.24, 2.45) is 5.28 Å². The summed E-state index contributed by atoms with van der Waals surface area (Å²) < 4.78 is 53.5. The second-order valence-electron chi connectivity index (χ2n) is 7.09. The van der Waals surface area contributed by atoms with Gasteiger partial charge in [0.15, 0.2) is 0 Å². The maximum absolute atomic E-state index is 11.0. The van der Waals surface area contributed by atoms with Crippen LogP contribution >= 0.6 is 0 Å². The maximum Gasteiger partial charge on any atom is 0.320 e. The third-order valence-electron chi connectivity index (χ3n) is 4.18. The van der Waals surface area contributed by atoms with E-state index >= 15 is 0 Å². The van der Waals surface area contributed by atoms with Gasteiger partial charge in [-0.3, -0.25) is 4.79 Å². The predicted molar refractivity (Wildman–Crippen MR) is 134 cm³/mol. The number of carbonyl (C=O) groups is 1. The van der Waals surface area contributed by atoms with Gasteiger partial charge < -0.3 is 52.2 Å². The van der Waals surface area contributed by atoms with Crippen LogP contribution in [0.2, 0.25) is 0 Å². The Balaban J connectivity index is 3.06. The van der Waals surface area contributed by atoms with Crippen LogP contribution in [0.1, 0.15) is 13.3 Å². The molecule has 0 aromatic heterocycles. The van der Waals surface area contributed by atoms with Crippen LogP contribution < -0.4 is 0 Å². The topological polar surface area (TPSA) is 167 Å². The second-order valence-corrected chi connectivity index (χ2v) is 7.09. The largest absolute Gasteiger partial charge is 0.379 e. The molecular formula is C23H45N3O12. The molecule has 15 heteroatoms. The lowest BCUT2D eigenvalue weighted by atomic mass is 10.5. The Hall–Kier alpha value is -1.62. The van der Waals surface area contributed by atoms with E-state index < -0.39 is 5.97 Å². The van der Waals surface area contributed by atoms with Gasteiger partial charge in [0, 0.05) is 11.5 Å². The number of rotatable bonds is 32. The van der Waals surface area contributed by atoms with Gasteiger partial charge in [0.05, 0.1) is 132 Å². The normalized spacial score (nSPS) is 11.0. The smallest absolute Gasteiger partial charge is 0.320 e. The van der Waals surface area contributed by atoms with Crippen molar-refractivity contribution in [3.8, 4) is 0 Å². The van der Waals surface area contributed by atoms with Crippen molar-refractivity contribution in [2.45, 2.75) is 13.3 Å². The van der Waals surface area contributed by atoms with Crippen molar-refractivity contribution in [2.75, 3.05) is 132 Å². The van der Waals surface area contributed by atoms with Gasteiger partial charge in [0.1, 0.15) is 5.28 Å². The molecule has 0 unspecified atom stereocenters. The van der Waals surface area contributed by atoms with Gasteiger partial charge in [-0.15, -0.1) is 0 Å². The van der Waals surface area contributed by atoms with Crippen LogP contribution in [0.5, 0.6) is 0 Å². The van der Waals surface area contributed by atoms with Crippen LogP contribution in [0.3, 0.4) is 0 Å². The van der Waals surface area contributed by atoms with Gasteiger partial charge in [-0.25, -0.2) is 0 Å². The molecule has 0 aromatic rings. The average molecular weight is 556 g/mol. The monoisotopic (exact) mass is 555 g/mol. The standard InChI is InChI=1S/C23H45N3O12/c1-2-28-5-6-30-9-10-32-13-14-34-17-18-36-21-22-37-20-19-35-16-15-33-12-11-31-8-7-29-4-3-23(27)38-26-25-24/h2-22H2,1H3. The molecule has 0 saturated carbocycles. The van der Waals surface area contributed by atoms with Gasteiger partial charge in [0.25, 0.3) is 0 Å². The first kappa shape index (κ1) is 36.4. The van der Waals surface area contributed by atoms with E-state index in [1.54, 1.807) is 0 Å². The lowest BCUT2D eigenvalue weighted by molar-refractivity contribution is -0.145. The van der Waals surface area contributed by atoms with E-state index in [4.69, 9.17) is 52.9 Å². The summed E-state index contributed by atoms with van der Waals surface area (Å²) in [7, 11) is 0. The Morgan fingerprint density at radius 2 is 0.763 bits per heavy atom. The molecule has 38 heavy (non-hydrogen) atoms. The number of hydrogen-bond donors (Lipinski definition) is 0. The summed E-state index contributed by atoms with van der Waals surface area (Å²) in [4.78, 5) is 17.5. The van der Waals surface area contributed by atoms with Gasteiger partial charge >= 0.3 is 5.97 Å². The van der Waals surface area contributed by atoms with Crippen molar-refractivity contribution < 1.29 is 57.0 Å². The average Bonchev–Trinajstić information content (AvgIpc) is 2.93. The van der Waals surface area contributed by atoms with E-state index in [0.29, 0.717) is 126 Å². The van der Waals surface area contributed by atoms with Crippen LogP contribution in [0.25, 0.3) is 10.4 Å². The summed E-state index contributed by atoms with van der Waals surface area (Å²) in [5, 5.41) is 2.70. The zero-order chi connectivity index (χ0) is 27.6. The Kier molecular flexibility index (Phi) is 32.0. The first-order valence-electron chi connectivity index (χ1n) is 12.8. The molecule has 0 atom stereocenters. The molecule has 0 aliphatic rings. The van der Waals surface area contributed by atoms with E-state index in [1.807, 2.05) is 6.92 Å². The molecule has 0 heterocycles. The number of carbonyl (C=O) groups excluding carboxylic acids is 1. The van der Waals surface area contributed by atoms with E-state index in [0.717, 1.165) is 0 Å². The predicted octanol–water partition coefficient (Wildman–Crippen LogP) is 1.33. The third-order valence-corrected chi connectivity index (χ3v) is 4.18. The minimum atomic E-state index is -0.651. The summed E-state index contributed by atoms with van der Waals surface area (Å²) in [5.41, 5.74) is 8.00. The minimum Gasteiger partial charge on any atom is -0.379 e. The SMILES string of the molecule is CCOCCOCCOCCOCCOCCOCCOCCOCCOCCOCCC(=O)ON=[N+]=[N-]. The molecule has 0 fully saturated rings. The van der Waals surface area contributed by atoms with Crippen molar-refractivity contribution in [3.05, 3.63) is 10.4 Å². The summed E-state index contributed by atoms with van der Waals surface area (Å²) in [6.07, 6.45) is 0.00137. The first-order chi connectivity index (χ1) is 18.8. The summed E-state index contributed by atoms with van der Waals surface area (Å²) in [5.74, 6) is -0.651. The van der Waals surface area contributed by atoms with Gasteiger partial charge in [-0.05, 0) is 12.5 Å². The third kappa shape index (κ3) is 32.4. The molecule has 0 radical (unpaired) electrons. The van der Waals surface area contributed by atoms with Crippen LogP contribution in [0, 0.1) is 0 Å². The van der Waals surface area contributed by atoms with Gasteiger partial charge in [-0.1, -0.05) is 0 Å². The molecule has 0 saturated heterocycles. The minimum absolute atomic E-state index is 0.00137. The molecule has 0 aliphatic heterocycles. The van der Waals surface area contributed by atoms with Crippen LogP contribution in [0.4, 0.5) is 0 Å². The van der Waals surface area contributed by atoms with Crippen molar-refractivity contribution in [1.82, 2.24) is 0 Å². The van der Waals surface area contributed by atoms with Crippen molar-refractivity contribution in [1.29, 1.82) is 0 Å². The summed E-state index contributed by atoms with van der Waals surface area (Å²) in [6, 6.07) is 0. The molecule has 0 bridgehead atoms. The lowest BCUT2D eigenvalue weighted by Gasteiger charge is -2.09. The zero-order valence-electron chi connectivity index (χ0n) is 22.6. The second kappa shape index (κ2) is 33.4. The number of azide groups is 1. The molecule has 0 spiro atoms. The van der Waals surface area contributed by atoms with Gasteiger partial charge in [-0.2, -0.15) is 0 Å². The van der Waals surface area contributed by atoms with Crippen LogP contribution in [-0.2, 0) is 57.0 Å². The highest BCUT2D eigenvalue weighted by Crippen LogP contribution is 1.90. The van der Waals surface area contributed by atoms with E-state index in [2.05, 4.69) is 15.0 Å². The molecule has 224 valence electrons. The molecule has 0 aliphatic carbocycles. The summed E-state index contributed by atoms with van der Waals surface area (Å²) >= 11 is 0. The highest BCUT2D eigenvalue weighted by molar-refractivity contribution is 5.69. The molecular weight excluding hydrogens is 510 g/mol. The van der Waals surface area contributed by atoms with E-state index in [1.165, 1.54) is 0 Å². The summed E-state index contributed by atoms with van der Waals surface area (Å²) in [6.45, 7) is 11.6. The fraction of sp³-hybridized carbons (Fsp3) is 0.957. The Labute approximate surface area is 224 Å².